The van der Waals surface area contributed by atoms with Gasteiger partial charge in [-0.1, -0.05) is 18.2 Å². The van der Waals surface area contributed by atoms with Crippen molar-refractivity contribution in [1.82, 2.24) is 19.9 Å². The van der Waals surface area contributed by atoms with Crippen molar-refractivity contribution >= 4 is 27.8 Å². The van der Waals surface area contributed by atoms with Crippen LogP contribution in [0.15, 0.2) is 54.7 Å². The monoisotopic (exact) mass is 348 g/mol. The van der Waals surface area contributed by atoms with E-state index in [0.29, 0.717) is 13.0 Å². The first-order chi connectivity index (χ1) is 12.7. The molecule has 6 nitrogen and oxygen atoms in total. The third-order valence-electron chi connectivity index (χ3n) is 4.43. The predicted octanol–water partition coefficient (Wildman–Crippen LogP) is 2.89. The van der Waals surface area contributed by atoms with Crippen molar-refractivity contribution in [1.29, 1.82) is 0 Å². The molecule has 1 amide bonds. The molecule has 0 saturated carbocycles. The quantitative estimate of drug-likeness (QED) is 0.563. The summed E-state index contributed by atoms with van der Waals surface area (Å²) in [7, 11) is 1.65. The van der Waals surface area contributed by atoms with E-state index < -0.39 is 0 Å². The number of amides is 1. The number of rotatable bonds is 6. The molecule has 0 spiro atoms. The number of ether oxygens (including phenoxy) is 1. The maximum absolute atomic E-state index is 12.3. The second-order valence-corrected chi connectivity index (χ2v) is 6.14. The lowest BCUT2D eigenvalue weighted by Gasteiger charge is -2.07. The number of hydrogen-bond donors (Lipinski definition) is 2. The summed E-state index contributed by atoms with van der Waals surface area (Å²) in [6.45, 7) is 0.817. The molecule has 0 unspecified atom stereocenters. The molecule has 0 bridgehead atoms. The highest BCUT2D eigenvalue weighted by Gasteiger charge is 2.09. The lowest BCUT2D eigenvalue weighted by atomic mass is 10.2. The average Bonchev–Trinajstić information content (AvgIpc) is 3.25. The van der Waals surface area contributed by atoms with Crippen molar-refractivity contribution in [3.63, 3.8) is 0 Å². The Hall–Kier alpha value is -3.28. The highest BCUT2D eigenvalue weighted by molar-refractivity contribution is 5.88. The van der Waals surface area contributed by atoms with Gasteiger partial charge in [0.1, 0.15) is 18.1 Å². The van der Waals surface area contributed by atoms with Crippen LogP contribution in [0, 0.1) is 0 Å². The Labute approximate surface area is 150 Å². The Balaban J connectivity index is 1.37. The van der Waals surface area contributed by atoms with Crippen molar-refractivity contribution in [2.45, 2.75) is 13.0 Å². The molecule has 2 aromatic carbocycles. The molecule has 0 fully saturated rings. The van der Waals surface area contributed by atoms with Crippen LogP contribution in [0.5, 0.6) is 5.75 Å². The van der Waals surface area contributed by atoms with Crippen molar-refractivity contribution in [2.24, 2.45) is 0 Å². The fraction of sp³-hybridized carbons (Fsp3) is 0.200. The summed E-state index contributed by atoms with van der Waals surface area (Å²) in [6, 6.07) is 15.7. The molecule has 0 saturated heterocycles. The van der Waals surface area contributed by atoms with Gasteiger partial charge in [-0.2, -0.15) is 0 Å². The van der Waals surface area contributed by atoms with Gasteiger partial charge in [0, 0.05) is 24.5 Å². The zero-order valence-electron chi connectivity index (χ0n) is 14.5. The number of carbonyl (C=O) groups excluding carboxylic acids is 1. The van der Waals surface area contributed by atoms with E-state index in [1.807, 2.05) is 59.3 Å². The smallest absolute Gasteiger partial charge is 0.239 e. The number of imidazole rings is 1. The Morgan fingerprint density at radius 2 is 2.08 bits per heavy atom. The number of aromatic nitrogens is 3. The Bertz CT molecular complexity index is 1030. The molecular formula is C20H20N4O2. The zero-order valence-corrected chi connectivity index (χ0v) is 14.5. The molecule has 0 aliphatic heterocycles. The van der Waals surface area contributed by atoms with Gasteiger partial charge in [0.15, 0.2) is 0 Å². The maximum Gasteiger partial charge on any atom is 0.239 e. The number of H-pyrrole nitrogens is 1. The van der Waals surface area contributed by atoms with E-state index in [-0.39, 0.29) is 12.5 Å². The number of benzene rings is 2. The minimum absolute atomic E-state index is 0.0265. The topological polar surface area (TPSA) is 71.9 Å². The van der Waals surface area contributed by atoms with Crippen LogP contribution < -0.4 is 10.1 Å². The van der Waals surface area contributed by atoms with Crippen LogP contribution in [0.4, 0.5) is 0 Å². The summed E-state index contributed by atoms with van der Waals surface area (Å²) in [4.78, 5) is 20.1. The standard InChI is InChI=1S/C20H20N4O2/c1-26-18-8-4-7-17-14(18)10-12-24(17)13-20(25)21-11-9-19-22-15-5-2-3-6-16(15)23-19/h2-8,10,12H,9,11,13H2,1H3,(H,21,25)(H,22,23). The fourth-order valence-corrected chi connectivity index (χ4v) is 3.17. The summed E-state index contributed by atoms with van der Waals surface area (Å²) >= 11 is 0. The summed E-state index contributed by atoms with van der Waals surface area (Å²) in [5.41, 5.74) is 2.94. The SMILES string of the molecule is COc1cccc2c1ccn2CC(=O)NCCc1nc2ccccc2[nH]1. The van der Waals surface area contributed by atoms with Crippen LogP contribution in [0.1, 0.15) is 5.82 Å². The molecule has 0 radical (unpaired) electrons. The summed E-state index contributed by atoms with van der Waals surface area (Å²) in [5, 5.41) is 3.96. The fourth-order valence-electron chi connectivity index (χ4n) is 3.17. The Kier molecular flexibility index (Phi) is 4.31. The van der Waals surface area contributed by atoms with Crippen molar-refractivity contribution in [2.75, 3.05) is 13.7 Å². The molecule has 0 atom stereocenters. The normalized spacial score (nSPS) is 11.1. The van der Waals surface area contributed by atoms with Crippen LogP contribution in [-0.2, 0) is 17.8 Å². The first kappa shape index (κ1) is 16.2. The molecule has 2 heterocycles. The number of nitrogens with zero attached hydrogens (tertiary/aromatic N) is 2. The molecule has 6 heteroatoms. The Morgan fingerprint density at radius 1 is 1.19 bits per heavy atom. The van der Waals surface area contributed by atoms with Crippen LogP contribution >= 0.6 is 0 Å². The Morgan fingerprint density at radius 3 is 2.92 bits per heavy atom. The first-order valence-electron chi connectivity index (χ1n) is 8.57. The molecule has 2 aromatic heterocycles. The average molecular weight is 348 g/mol. The van der Waals surface area contributed by atoms with E-state index in [4.69, 9.17) is 4.74 Å². The number of methoxy groups -OCH3 is 1. The number of fused-ring (bicyclic) bond motifs is 2. The van der Waals surface area contributed by atoms with Crippen LogP contribution in [0.2, 0.25) is 0 Å². The number of para-hydroxylation sites is 2. The molecule has 4 rings (SSSR count). The van der Waals surface area contributed by atoms with Gasteiger partial charge < -0.3 is 19.6 Å². The predicted molar refractivity (Wildman–Crippen MR) is 101 cm³/mol. The van der Waals surface area contributed by atoms with E-state index in [1.165, 1.54) is 0 Å². The molecule has 0 aliphatic rings. The number of nitrogens with one attached hydrogen (secondary N) is 2. The van der Waals surface area contributed by atoms with Gasteiger partial charge in [0.25, 0.3) is 0 Å². The summed E-state index contributed by atoms with van der Waals surface area (Å²) in [6.07, 6.45) is 2.58. The van der Waals surface area contributed by atoms with Crippen LogP contribution in [-0.4, -0.2) is 34.1 Å². The largest absolute Gasteiger partial charge is 0.496 e. The van der Waals surface area contributed by atoms with Gasteiger partial charge in [0.05, 0.1) is 23.7 Å². The highest BCUT2D eigenvalue weighted by Crippen LogP contribution is 2.26. The van der Waals surface area contributed by atoms with Gasteiger partial charge in [-0.25, -0.2) is 4.98 Å². The summed E-state index contributed by atoms with van der Waals surface area (Å²) < 4.78 is 7.29. The third kappa shape index (κ3) is 3.13. The van der Waals surface area contributed by atoms with E-state index in [2.05, 4.69) is 15.3 Å². The molecule has 4 aromatic rings. The lowest BCUT2D eigenvalue weighted by molar-refractivity contribution is -0.121. The van der Waals surface area contributed by atoms with E-state index >= 15 is 0 Å². The van der Waals surface area contributed by atoms with Gasteiger partial charge in [-0.3, -0.25) is 4.79 Å². The van der Waals surface area contributed by atoms with Crippen molar-refractivity contribution in [3.05, 3.63) is 60.6 Å². The highest BCUT2D eigenvalue weighted by atomic mass is 16.5. The minimum Gasteiger partial charge on any atom is -0.496 e. The second-order valence-electron chi connectivity index (χ2n) is 6.14. The van der Waals surface area contributed by atoms with Crippen molar-refractivity contribution < 1.29 is 9.53 Å². The molecule has 26 heavy (non-hydrogen) atoms. The van der Waals surface area contributed by atoms with E-state index in [1.54, 1.807) is 7.11 Å². The first-order valence-corrected chi connectivity index (χ1v) is 8.57. The summed E-state index contributed by atoms with van der Waals surface area (Å²) in [5.74, 6) is 1.66. The van der Waals surface area contributed by atoms with Gasteiger partial charge >= 0.3 is 0 Å². The van der Waals surface area contributed by atoms with Crippen LogP contribution in [0.25, 0.3) is 21.9 Å². The third-order valence-corrected chi connectivity index (χ3v) is 4.43. The van der Waals surface area contributed by atoms with Crippen LogP contribution in [0.3, 0.4) is 0 Å². The van der Waals surface area contributed by atoms with E-state index in [0.717, 1.165) is 33.5 Å². The molecule has 2 N–H and O–H groups in total. The zero-order chi connectivity index (χ0) is 17.9. The van der Waals surface area contributed by atoms with Gasteiger partial charge in [-0.05, 0) is 30.3 Å². The molecule has 0 aliphatic carbocycles. The van der Waals surface area contributed by atoms with Crippen molar-refractivity contribution in [3.8, 4) is 5.75 Å². The minimum atomic E-state index is -0.0265. The van der Waals surface area contributed by atoms with E-state index in [9.17, 15) is 4.79 Å². The van der Waals surface area contributed by atoms with Gasteiger partial charge in [-0.15, -0.1) is 0 Å². The number of aromatic amines is 1. The molecular weight excluding hydrogens is 328 g/mol. The lowest BCUT2D eigenvalue weighted by Crippen LogP contribution is -2.29. The van der Waals surface area contributed by atoms with Gasteiger partial charge in [0.2, 0.25) is 5.91 Å². The number of carbonyl (C=O) groups is 1. The number of hydrogen-bond acceptors (Lipinski definition) is 3. The molecule has 132 valence electrons. The second kappa shape index (κ2) is 6.92. The maximum atomic E-state index is 12.3.